The number of hydrogen-bond donors (Lipinski definition) is 1. The second-order valence-electron chi connectivity index (χ2n) is 6.23. The molecule has 1 fully saturated rings. The summed E-state index contributed by atoms with van der Waals surface area (Å²) < 4.78 is 15.5. The first-order valence-electron chi connectivity index (χ1n) is 8.81. The number of carbonyl (C=O) groups is 2. The van der Waals surface area contributed by atoms with Crippen molar-refractivity contribution >= 4 is 11.8 Å². The van der Waals surface area contributed by atoms with E-state index in [9.17, 15) is 9.59 Å². The van der Waals surface area contributed by atoms with Crippen LogP contribution in [-0.2, 0) is 19.1 Å². The Labute approximate surface area is 154 Å². The zero-order chi connectivity index (χ0) is 18.9. The van der Waals surface area contributed by atoms with Crippen molar-refractivity contribution in [1.29, 1.82) is 0 Å². The zero-order valence-electron chi connectivity index (χ0n) is 15.7. The van der Waals surface area contributed by atoms with E-state index < -0.39 is 0 Å². The van der Waals surface area contributed by atoms with Gasteiger partial charge in [-0.1, -0.05) is 12.1 Å². The summed E-state index contributed by atoms with van der Waals surface area (Å²) in [7, 11) is 4.80. The lowest BCUT2D eigenvalue weighted by atomic mass is 9.83. The third-order valence-corrected chi connectivity index (χ3v) is 4.62. The molecular weight excluding hydrogens is 336 g/mol. The highest BCUT2D eigenvalue weighted by Crippen LogP contribution is 2.37. The molecular formula is C19H28N2O5. The van der Waals surface area contributed by atoms with Crippen molar-refractivity contribution < 1.29 is 23.8 Å². The Hall–Kier alpha value is -2.12. The normalized spacial score (nSPS) is 20.1. The van der Waals surface area contributed by atoms with Gasteiger partial charge in [0.25, 0.3) is 0 Å². The number of amides is 2. The predicted octanol–water partition coefficient (Wildman–Crippen LogP) is 1.38. The number of hydrogen-bond acceptors (Lipinski definition) is 5. The molecule has 0 bridgehead atoms. The van der Waals surface area contributed by atoms with Gasteiger partial charge in [-0.05, 0) is 24.1 Å². The average molecular weight is 364 g/mol. The van der Waals surface area contributed by atoms with Crippen LogP contribution in [0.25, 0.3) is 0 Å². The van der Waals surface area contributed by atoms with Crippen molar-refractivity contribution in [2.24, 2.45) is 5.92 Å². The Bertz CT molecular complexity index is 607. The molecule has 1 aliphatic rings. The topological polar surface area (TPSA) is 77.1 Å². The maximum absolute atomic E-state index is 12.8. The minimum Gasteiger partial charge on any atom is -0.497 e. The molecule has 0 saturated carbocycles. The number of nitrogens with zero attached hydrogens (tertiary/aromatic N) is 1. The van der Waals surface area contributed by atoms with Crippen molar-refractivity contribution in [3.05, 3.63) is 29.8 Å². The minimum atomic E-state index is -0.343. The van der Waals surface area contributed by atoms with E-state index in [4.69, 9.17) is 14.2 Å². The van der Waals surface area contributed by atoms with Crippen LogP contribution in [0.5, 0.6) is 5.75 Å². The maximum atomic E-state index is 12.8. The summed E-state index contributed by atoms with van der Waals surface area (Å²) in [6.07, 6.45) is 0.871. The third-order valence-electron chi connectivity index (χ3n) is 4.62. The molecule has 0 unspecified atom stereocenters. The molecule has 7 nitrogen and oxygen atoms in total. The van der Waals surface area contributed by atoms with E-state index in [-0.39, 0.29) is 23.8 Å². The number of likely N-dealkylation sites (tertiary alicyclic amines) is 1. The monoisotopic (exact) mass is 364 g/mol. The molecule has 26 heavy (non-hydrogen) atoms. The standard InChI is InChI=1S/C19H28N2O5/c1-24-11-9-20-19(23)16-7-8-17(22)21(10-12-25-2)18(16)14-5-4-6-15(13-14)26-3/h4-6,13,16,18H,7-12H2,1-3H3,(H,20,23)/t16-,18+/m1/s1. The quantitative estimate of drug-likeness (QED) is 0.670. The molecule has 1 heterocycles. The summed E-state index contributed by atoms with van der Waals surface area (Å²) >= 11 is 0. The first-order chi connectivity index (χ1) is 12.6. The van der Waals surface area contributed by atoms with Gasteiger partial charge in [0, 0.05) is 33.7 Å². The third kappa shape index (κ3) is 4.95. The summed E-state index contributed by atoms with van der Waals surface area (Å²) in [5.74, 6) is 0.347. The van der Waals surface area contributed by atoms with Crippen molar-refractivity contribution in [3.8, 4) is 5.75 Å². The van der Waals surface area contributed by atoms with Crippen LogP contribution in [0.1, 0.15) is 24.4 Å². The number of rotatable bonds is 9. The van der Waals surface area contributed by atoms with Gasteiger partial charge in [-0.3, -0.25) is 9.59 Å². The number of methoxy groups -OCH3 is 3. The van der Waals surface area contributed by atoms with E-state index in [0.29, 0.717) is 44.9 Å². The Balaban J connectivity index is 2.31. The lowest BCUT2D eigenvalue weighted by molar-refractivity contribution is -0.144. The van der Waals surface area contributed by atoms with Gasteiger partial charge in [0.05, 0.1) is 32.3 Å². The van der Waals surface area contributed by atoms with Crippen molar-refractivity contribution in [3.63, 3.8) is 0 Å². The Morgan fingerprint density at radius 3 is 2.69 bits per heavy atom. The molecule has 0 aromatic heterocycles. The van der Waals surface area contributed by atoms with Crippen LogP contribution in [0.2, 0.25) is 0 Å². The van der Waals surface area contributed by atoms with Crippen LogP contribution >= 0.6 is 0 Å². The average Bonchev–Trinajstić information content (AvgIpc) is 2.66. The summed E-state index contributed by atoms with van der Waals surface area (Å²) in [6.45, 7) is 1.76. The van der Waals surface area contributed by atoms with Crippen LogP contribution in [-0.4, -0.2) is 64.3 Å². The highest BCUT2D eigenvalue weighted by molar-refractivity contribution is 5.85. The van der Waals surface area contributed by atoms with Gasteiger partial charge in [-0.15, -0.1) is 0 Å². The smallest absolute Gasteiger partial charge is 0.225 e. The van der Waals surface area contributed by atoms with Crippen molar-refractivity contribution in [2.75, 3.05) is 47.6 Å². The number of ether oxygens (including phenoxy) is 3. The van der Waals surface area contributed by atoms with Gasteiger partial charge in [0.1, 0.15) is 5.75 Å². The first kappa shape index (κ1) is 20.2. The summed E-state index contributed by atoms with van der Waals surface area (Å²) in [6, 6.07) is 7.20. The molecule has 2 rings (SSSR count). The highest BCUT2D eigenvalue weighted by Gasteiger charge is 2.40. The highest BCUT2D eigenvalue weighted by atomic mass is 16.5. The lowest BCUT2D eigenvalue weighted by Gasteiger charge is -2.40. The number of carbonyl (C=O) groups excluding carboxylic acids is 2. The van der Waals surface area contributed by atoms with E-state index in [1.807, 2.05) is 24.3 Å². The largest absolute Gasteiger partial charge is 0.497 e. The van der Waals surface area contributed by atoms with Crippen LogP contribution in [0.4, 0.5) is 0 Å². The molecule has 2 amide bonds. The van der Waals surface area contributed by atoms with Gasteiger partial charge < -0.3 is 24.4 Å². The SMILES string of the molecule is COCCNC(=O)[C@@H]1CCC(=O)N(CCOC)[C@H]1c1cccc(OC)c1. The Morgan fingerprint density at radius 1 is 1.23 bits per heavy atom. The fourth-order valence-electron chi connectivity index (χ4n) is 3.33. The zero-order valence-corrected chi connectivity index (χ0v) is 15.7. The maximum Gasteiger partial charge on any atom is 0.225 e. The molecule has 1 aliphatic heterocycles. The molecule has 0 spiro atoms. The van der Waals surface area contributed by atoms with Crippen molar-refractivity contribution in [1.82, 2.24) is 10.2 Å². The van der Waals surface area contributed by atoms with Gasteiger partial charge in [0.2, 0.25) is 11.8 Å². The number of nitrogens with one attached hydrogen (secondary N) is 1. The molecule has 1 aromatic rings. The number of benzene rings is 1. The lowest BCUT2D eigenvalue weighted by Crippen LogP contribution is -2.49. The fraction of sp³-hybridized carbons (Fsp3) is 0.579. The summed E-state index contributed by atoms with van der Waals surface area (Å²) in [5, 5.41) is 2.91. The second kappa shape index (κ2) is 10.1. The Kier molecular flexibility index (Phi) is 7.87. The molecule has 1 N–H and O–H groups in total. The molecule has 0 aliphatic carbocycles. The first-order valence-corrected chi connectivity index (χ1v) is 8.81. The molecule has 0 radical (unpaired) electrons. The van der Waals surface area contributed by atoms with E-state index >= 15 is 0 Å². The van der Waals surface area contributed by atoms with E-state index in [1.54, 1.807) is 26.2 Å². The molecule has 2 atom stereocenters. The minimum absolute atomic E-state index is 0.0378. The van der Waals surface area contributed by atoms with Gasteiger partial charge >= 0.3 is 0 Å². The van der Waals surface area contributed by atoms with Crippen LogP contribution < -0.4 is 10.1 Å². The van der Waals surface area contributed by atoms with Gasteiger partial charge in [-0.25, -0.2) is 0 Å². The predicted molar refractivity (Wildman–Crippen MR) is 96.9 cm³/mol. The van der Waals surface area contributed by atoms with Crippen molar-refractivity contribution in [2.45, 2.75) is 18.9 Å². The van der Waals surface area contributed by atoms with Gasteiger partial charge in [0.15, 0.2) is 0 Å². The molecule has 1 aromatic carbocycles. The van der Waals surface area contributed by atoms with Crippen LogP contribution in [0.15, 0.2) is 24.3 Å². The van der Waals surface area contributed by atoms with E-state index in [2.05, 4.69) is 5.32 Å². The molecule has 1 saturated heterocycles. The van der Waals surface area contributed by atoms with Gasteiger partial charge in [-0.2, -0.15) is 0 Å². The summed E-state index contributed by atoms with van der Waals surface area (Å²) in [5.41, 5.74) is 0.889. The Morgan fingerprint density at radius 2 is 2.00 bits per heavy atom. The van der Waals surface area contributed by atoms with Crippen LogP contribution in [0, 0.1) is 5.92 Å². The molecule has 144 valence electrons. The molecule has 7 heteroatoms. The van der Waals surface area contributed by atoms with Crippen LogP contribution in [0.3, 0.4) is 0 Å². The number of piperidine rings is 1. The van der Waals surface area contributed by atoms with E-state index in [1.165, 1.54) is 0 Å². The van der Waals surface area contributed by atoms with E-state index in [0.717, 1.165) is 5.56 Å². The summed E-state index contributed by atoms with van der Waals surface area (Å²) in [4.78, 5) is 27.1. The second-order valence-corrected chi connectivity index (χ2v) is 6.23. The fourth-order valence-corrected chi connectivity index (χ4v) is 3.33.